The van der Waals surface area contributed by atoms with Gasteiger partial charge in [0.2, 0.25) is 0 Å². The van der Waals surface area contributed by atoms with Crippen LogP contribution in [0.25, 0.3) is 0 Å². The molecule has 1 rings (SSSR count). The van der Waals surface area contributed by atoms with Gasteiger partial charge in [-0.3, -0.25) is 4.79 Å². The average Bonchev–Trinajstić information content (AvgIpc) is 2.51. The number of hydrogen-bond acceptors (Lipinski definition) is 4. The highest BCUT2D eigenvalue weighted by atomic mass is 127. The predicted octanol–water partition coefficient (Wildman–Crippen LogP) is 2.80. The Kier molecular flexibility index (Phi) is 5.88. The van der Waals surface area contributed by atoms with Crippen LogP contribution in [0, 0.1) is 0 Å². The van der Waals surface area contributed by atoms with E-state index in [4.69, 9.17) is 14.2 Å². The van der Waals surface area contributed by atoms with Gasteiger partial charge in [-0.2, -0.15) is 0 Å². The molecule has 0 amide bonds. The molecule has 1 aliphatic rings. The van der Waals surface area contributed by atoms with Crippen LogP contribution in [0.15, 0.2) is 10.2 Å². The van der Waals surface area contributed by atoms with Crippen molar-refractivity contribution in [2.24, 2.45) is 0 Å². The second-order valence-corrected chi connectivity index (χ2v) is 5.02. The van der Waals surface area contributed by atoms with Crippen LogP contribution in [0.3, 0.4) is 0 Å². The molecule has 0 aromatic rings. The lowest BCUT2D eigenvalue weighted by atomic mass is 10.1. The summed E-state index contributed by atoms with van der Waals surface area (Å²) in [6.45, 7) is 5.98. The molecule has 17 heavy (non-hydrogen) atoms. The van der Waals surface area contributed by atoms with E-state index >= 15 is 0 Å². The molecule has 0 aromatic heterocycles. The van der Waals surface area contributed by atoms with Gasteiger partial charge in [0.15, 0.2) is 5.79 Å². The molecular formula is C12H19IO4. The molecule has 1 heterocycles. The SMILES string of the molecule is CCOC(=O)CC[C@@H]1OC(C)(C)O[C@H]1/C=C\I. The number of carbonyl (C=O) groups is 1. The van der Waals surface area contributed by atoms with Crippen molar-refractivity contribution >= 4 is 28.6 Å². The minimum atomic E-state index is -0.583. The van der Waals surface area contributed by atoms with Crippen LogP contribution in [0.1, 0.15) is 33.6 Å². The van der Waals surface area contributed by atoms with E-state index in [0.29, 0.717) is 19.4 Å². The molecule has 0 aromatic carbocycles. The first kappa shape index (κ1) is 14.9. The minimum absolute atomic E-state index is 0.0829. The predicted molar refractivity (Wildman–Crippen MR) is 72.9 cm³/mol. The van der Waals surface area contributed by atoms with Crippen molar-refractivity contribution < 1.29 is 19.0 Å². The van der Waals surface area contributed by atoms with Crippen LogP contribution in [0.5, 0.6) is 0 Å². The largest absolute Gasteiger partial charge is 0.466 e. The van der Waals surface area contributed by atoms with Gasteiger partial charge in [0.25, 0.3) is 0 Å². The van der Waals surface area contributed by atoms with Crippen molar-refractivity contribution in [2.75, 3.05) is 6.61 Å². The van der Waals surface area contributed by atoms with E-state index < -0.39 is 5.79 Å². The summed E-state index contributed by atoms with van der Waals surface area (Å²) >= 11 is 2.15. The smallest absolute Gasteiger partial charge is 0.305 e. The molecule has 2 atom stereocenters. The molecule has 0 aliphatic carbocycles. The van der Waals surface area contributed by atoms with E-state index in [9.17, 15) is 4.79 Å². The maximum Gasteiger partial charge on any atom is 0.305 e. The summed E-state index contributed by atoms with van der Waals surface area (Å²) in [7, 11) is 0. The lowest BCUT2D eigenvalue weighted by molar-refractivity contribution is -0.149. The Labute approximate surface area is 116 Å². The van der Waals surface area contributed by atoms with Crippen LogP contribution < -0.4 is 0 Å². The van der Waals surface area contributed by atoms with Gasteiger partial charge in [0.05, 0.1) is 12.7 Å². The van der Waals surface area contributed by atoms with Crippen LogP contribution >= 0.6 is 22.6 Å². The van der Waals surface area contributed by atoms with Crippen molar-refractivity contribution in [1.82, 2.24) is 0 Å². The molecule has 5 heteroatoms. The van der Waals surface area contributed by atoms with Crippen LogP contribution in [0.4, 0.5) is 0 Å². The van der Waals surface area contributed by atoms with Gasteiger partial charge < -0.3 is 14.2 Å². The average molecular weight is 354 g/mol. The summed E-state index contributed by atoms with van der Waals surface area (Å²) in [5.41, 5.74) is 0. The fourth-order valence-electron chi connectivity index (χ4n) is 1.81. The zero-order chi connectivity index (χ0) is 12.9. The number of halogens is 1. The standard InChI is InChI=1S/C12H19IO4/c1-4-15-11(14)6-5-9-10(7-8-13)17-12(2,3)16-9/h7-10H,4-6H2,1-3H3/b8-7-/t9-,10-/m0/s1. The van der Waals surface area contributed by atoms with E-state index in [1.165, 1.54) is 0 Å². The number of esters is 1. The molecule has 1 aliphatic heterocycles. The van der Waals surface area contributed by atoms with E-state index in [0.717, 1.165) is 0 Å². The molecule has 0 N–H and O–H groups in total. The zero-order valence-electron chi connectivity index (χ0n) is 10.4. The summed E-state index contributed by atoms with van der Waals surface area (Å²) in [5.74, 6) is -0.766. The Hall–Kier alpha value is -0.140. The van der Waals surface area contributed by atoms with Gasteiger partial charge in [0.1, 0.15) is 6.10 Å². The molecule has 0 bridgehead atoms. The first-order valence-electron chi connectivity index (χ1n) is 5.76. The first-order valence-corrected chi connectivity index (χ1v) is 7.01. The highest BCUT2D eigenvalue weighted by molar-refractivity contribution is 14.1. The van der Waals surface area contributed by atoms with Crippen molar-refractivity contribution in [2.45, 2.75) is 51.6 Å². The number of carbonyl (C=O) groups excluding carboxylic acids is 1. The minimum Gasteiger partial charge on any atom is -0.466 e. The van der Waals surface area contributed by atoms with Gasteiger partial charge in [-0.1, -0.05) is 22.6 Å². The molecule has 0 saturated carbocycles. The Morgan fingerprint density at radius 2 is 2.18 bits per heavy atom. The lowest BCUT2D eigenvalue weighted by Crippen LogP contribution is -2.22. The Bertz CT molecular complexity index is 288. The van der Waals surface area contributed by atoms with E-state index in [1.807, 2.05) is 24.0 Å². The summed E-state index contributed by atoms with van der Waals surface area (Å²) in [6, 6.07) is 0. The maximum atomic E-state index is 11.3. The number of rotatable bonds is 5. The van der Waals surface area contributed by atoms with Gasteiger partial charge in [-0.15, -0.1) is 0 Å². The molecule has 1 fully saturated rings. The lowest BCUT2D eigenvalue weighted by Gasteiger charge is -2.16. The second-order valence-electron chi connectivity index (χ2n) is 4.30. The molecular weight excluding hydrogens is 335 g/mol. The summed E-state index contributed by atoms with van der Waals surface area (Å²) in [6.07, 6.45) is 2.76. The number of hydrogen-bond donors (Lipinski definition) is 0. The molecule has 1 saturated heterocycles. The van der Waals surface area contributed by atoms with Crippen LogP contribution in [0.2, 0.25) is 0 Å². The molecule has 0 unspecified atom stereocenters. The zero-order valence-corrected chi connectivity index (χ0v) is 12.6. The Balaban J connectivity index is 2.48. The van der Waals surface area contributed by atoms with Gasteiger partial charge in [-0.25, -0.2) is 0 Å². The molecule has 98 valence electrons. The van der Waals surface area contributed by atoms with Crippen molar-refractivity contribution in [1.29, 1.82) is 0 Å². The summed E-state index contributed by atoms with van der Waals surface area (Å²) < 4.78 is 18.3. The van der Waals surface area contributed by atoms with Gasteiger partial charge >= 0.3 is 5.97 Å². The van der Waals surface area contributed by atoms with Gasteiger partial charge in [0, 0.05) is 6.42 Å². The Morgan fingerprint density at radius 1 is 1.47 bits per heavy atom. The van der Waals surface area contributed by atoms with Crippen LogP contribution in [-0.4, -0.2) is 30.6 Å². The third-order valence-electron chi connectivity index (χ3n) is 2.42. The Morgan fingerprint density at radius 3 is 2.76 bits per heavy atom. The molecule has 4 nitrogen and oxygen atoms in total. The normalized spacial score (nSPS) is 27.5. The topological polar surface area (TPSA) is 44.8 Å². The third-order valence-corrected chi connectivity index (χ3v) is 2.84. The summed E-state index contributed by atoms with van der Waals surface area (Å²) in [5, 5.41) is 0. The van der Waals surface area contributed by atoms with Crippen molar-refractivity contribution in [3.63, 3.8) is 0 Å². The highest BCUT2D eigenvalue weighted by Crippen LogP contribution is 2.31. The van der Waals surface area contributed by atoms with E-state index in [2.05, 4.69) is 22.6 Å². The monoisotopic (exact) mass is 354 g/mol. The second kappa shape index (κ2) is 6.70. The highest BCUT2D eigenvalue weighted by Gasteiger charge is 2.39. The van der Waals surface area contributed by atoms with E-state index in [1.54, 1.807) is 6.92 Å². The van der Waals surface area contributed by atoms with Gasteiger partial charge in [-0.05, 0) is 37.4 Å². The van der Waals surface area contributed by atoms with Crippen molar-refractivity contribution in [3.05, 3.63) is 10.2 Å². The fourth-order valence-corrected chi connectivity index (χ4v) is 2.22. The van der Waals surface area contributed by atoms with Crippen molar-refractivity contribution in [3.8, 4) is 0 Å². The van der Waals surface area contributed by atoms with Crippen LogP contribution in [-0.2, 0) is 19.0 Å². The summed E-state index contributed by atoms with van der Waals surface area (Å²) in [4.78, 5) is 11.3. The van der Waals surface area contributed by atoms with E-state index in [-0.39, 0.29) is 18.2 Å². The first-order chi connectivity index (χ1) is 7.98. The molecule has 0 spiro atoms. The third kappa shape index (κ3) is 4.93. The maximum absolute atomic E-state index is 11.3. The fraction of sp³-hybridized carbons (Fsp3) is 0.750. The molecule has 0 radical (unpaired) electrons. The number of ether oxygens (including phenoxy) is 3. The quantitative estimate of drug-likeness (QED) is 0.563.